The number of anilines is 1. The molecule has 1 amide bonds. The molecule has 6 nitrogen and oxygen atoms in total. The van der Waals surface area contributed by atoms with Crippen LogP contribution < -0.4 is 10.1 Å². The van der Waals surface area contributed by atoms with Gasteiger partial charge in [-0.3, -0.25) is 4.79 Å². The highest BCUT2D eigenvalue weighted by atomic mass is 32.2. The summed E-state index contributed by atoms with van der Waals surface area (Å²) in [6.07, 6.45) is 2.40. The molecule has 1 fully saturated rings. The molecular weight excluding hydrogens is 388 g/mol. The first-order chi connectivity index (χ1) is 14.0. The Labute approximate surface area is 172 Å². The van der Waals surface area contributed by atoms with Gasteiger partial charge in [-0.15, -0.1) is 0 Å². The molecule has 1 aliphatic rings. The summed E-state index contributed by atoms with van der Waals surface area (Å²) in [5.41, 5.74) is 1.78. The van der Waals surface area contributed by atoms with Gasteiger partial charge in [0.05, 0.1) is 18.6 Å². The van der Waals surface area contributed by atoms with Gasteiger partial charge in [-0.25, -0.2) is 12.7 Å². The largest absolute Gasteiger partial charge is 0.495 e. The highest BCUT2D eigenvalue weighted by Crippen LogP contribution is 2.26. The van der Waals surface area contributed by atoms with Crippen molar-refractivity contribution in [2.75, 3.05) is 31.3 Å². The van der Waals surface area contributed by atoms with Crippen molar-refractivity contribution in [3.05, 3.63) is 60.2 Å². The molecule has 0 spiro atoms. The van der Waals surface area contributed by atoms with Crippen LogP contribution in [0.1, 0.15) is 24.8 Å². The molecule has 1 N–H and O–H groups in total. The van der Waals surface area contributed by atoms with Gasteiger partial charge in [-0.2, -0.15) is 0 Å². The molecular formula is C22H28N2O4S. The molecule has 0 atom stereocenters. The molecule has 2 aromatic carbocycles. The lowest BCUT2D eigenvalue weighted by Crippen LogP contribution is -2.42. The molecule has 0 radical (unpaired) electrons. The number of piperidine rings is 1. The van der Waals surface area contributed by atoms with Crippen molar-refractivity contribution in [3.63, 3.8) is 0 Å². The number of nitrogens with zero attached hydrogens (tertiary/aromatic N) is 1. The summed E-state index contributed by atoms with van der Waals surface area (Å²) in [6.45, 7) is 0.773. The monoisotopic (exact) mass is 416 g/mol. The summed E-state index contributed by atoms with van der Waals surface area (Å²) >= 11 is 0. The third kappa shape index (κ3) is 5.81. The van der Waals surface area contributed by atoms with Gasteiger partial charge in [0.1, 0.15) is 5.75 Å². The van der Waals surface area contributed by atoms with Crippen LogP contribution in [-0.2, 0) is 21.2 Å². The van der Waals surface area contributed by atoms with Gasteiger partial charge in [0.15, 0.2) is 0 Å². The maximum atomic E-state index is 12.6. The average molecular weight is 417 g/mol. The number of ether oxygens (including phenoxy) is 1. The second kappa shape index (κ2) is 9.89. The second-order valence-electron chi connectivity index (χ2n) is 7.27. The maximum Gasteiger partial charge on any atom is 0.227 e. The lowest BCUT2D eigenvalue weighted by molar-refractivity contribution is -0.120. The lowest BCUT2D eigenvalue weighted by Gasteiger charge is -2.30. The van der Waals surface area contributed by atoms with Crippen molar-refractivity contribution in [2.24, 2.45) is 5.92 Å². The summed E-state index contributed by atoms with van der Waals surface area (Å²) in [7, 11) is -1.73. The summed E-state index contributed by atoms with van der Waals surface area (Å²) < 4.78 is 32.1. The standard InChI is InChI=1S/C22H28N2O4S/c1-28-21-12-6-5-11-20(21)23-22(25)19-13-15-24(16-14-19)29(26,27)17-7-10-18-8-3-2-4-9-18/h2-6,8-9,11-12,19H,7,10,13-17H2,1H3,(H,23,25). The molecule has 0 saturated carbocycles. The molecule has 3 rings (SSSR count). The number of para-hydroxylation sites is 2. The van der Waals surface area contributed by atoms with Gasteiger partial charge in [-0.1, -0.05) is 42.5 Å². The molecule has 156 valence electrons. The number of hydrogen-bond acceptors (Lipinski definition) is 4. The third-order valence-electron chi connectivity index (χ3n) is 5.29. The molecule has 0 bridgehead atoms. The number of amides is 1. The Morgan fingerprint density at radius 2 is 1.72 bits per heavy atom. The molecule has 1 aliphatic heterocycles. The van der Waals surface area contributed by atoms with Gasteiger partial charge < -0.3 is 10.1 Å². The Kier molecular flexibility index (Phi) is 7.28. The highest BCUT2D eigenvalue weighted by Gasteiger charge is 2.31. The van der Waals surface area contributed by atoms with Crippen LogP contribution in [0.3, 0.4) is 0 Å². The lowest BCUT2D eigenvalue weighted by atomic mass is 9.97. The molecule has 7 heteroatoms. The van der Waals surface area contributed by atoms with Gasteiger partial charge in [0.25, 0.3) is 0 Å². The number of carbonyl (C=O) groups is 1. The van der Waals surface area contributed by atoms with Crippen molar-refractivity contribution < 1.29 is 17.9 Å². The fourth-order valence-electron chi connectivity index (χ4n) is 3.61. The molecule has 0 unspecified atom stereocenters. The van der Waals surface area contributed by atoms with Crippen molar-refractivity contribution >= 4 is 21.6 Å². The first-order valence-corrected chi connectivity index (χ1v) is 11.6. The average Bonchev–Trinajstić information content (AvgIpc) is 2.75. The van der Waals surface area contributed by atoms with E-state index in [-0.39, 0.29) is 17.6 Å². The minimum Gasteiger partial charge on any atom is -0.495 e. The van der Waals surface area contributed by atoms with E-state index < -0.39 is 10.0 Å². The van der Waals surface area contributed by atoms with Gasteiger partial charge in [0.2, 0.25) is 15.9 Å². The zero-order valence-corrected chi connectivity index (χ0v) is 17.5. The SMILES string of the molecule is COc1ccccc1NC(=O)C1CCN(S(=O)(=O)CCCc2ccccc2)CC1. The number of hydrogen-bond donors (Lipinski definition) is 1. The summed E-state index contributed by atoms with van der Waals surface area (Å²) in [5.74, 6) is 0.463. The Hall–Kier alpha value is -2.38. The second-order valence-corrected chi connectivity index (χ2v) is 9.36. The van der Waals surface area contributed by atoms with Gasteiger partial charge in [0, 0.05) is 19.0 Å². The van der Waals surface area contributed by atoms with Crippen molar-refractivity contribution in [2.45, 2.75) is 25.7 Å². The van der Waals surface area contributed by atoms with E-state index in [2.05, 4.69) is 5.32 Å². The van der Waals surface area contributed by atoms with Crippen molar-refractivity contribution in [3.8, 4) is 5.75 Å². The third-order valence-corrected chi connectivity index (χ3v) is 7.25. The van der Waals surface area contributed by atoms with Crippen LogP contribution in [0, 0.1) is 5.92 Å². The van der Waals surface area contributed by atoms with Crippen LogP contribution >= 0.6 is 0 Å². The highest BCUT2D eigenvalue weighted by molar-refractivity contribution is 7.89. The molecule has 0 aliphatic carbocycles. The van der Waals surface area contributed by atoms with E-state index in [1.165, 1.54) is 4.31 Å². The normalized spacial score (nSPS) is 15.8. The molecule has 29 heavy (non-hydrogen) atoms. The number of methoxy groups -OCH3 is 1. The first kappa shape index (κ1) is 21.3. The maximum absolute atomic E-state index is 12.6. The number of rotatable bonds is 8. The zero-order chi connectivity index (χ0) is 20.7. The Morgan fingerprint density at radius 3 is 2.41 bits per heavy atom. The van der Waals surface area contributed by atoms with Crippen molar-refractivity contribution in [1.29, 1.82) is 0 Å². The van der Waals surface area contributed by atoms with Crippen LogP contribution in [-0.4, -0.2) is 44.6 Å². The topological polar surface area (TPSA) is 75.7 Å². The number of nitrogens with one attached hydrogen (secondary N) is 1. The van der Waals surface area contributed by atoms with E-state index in [0.717, 1.165) is 12.0 Å². The molecule has 0 aromatic heterocycles. The Bertz CT molecular complexity index is 907. The first-order valence-electron chi connectivity index (χ1n) is 9.95. The number of carbonyl (C=O) groups excluding carboxylic acids is 1. The van der Waals surface area contributed by atoms with Gasteiger partial charge in [-0.05, 0) is 43.4 Å². The predicted molar refractivity (Wildman–Crippen MR) is 114 cm³/mol. The van der Waals surface area contributed by atoms with Crippen LogP contribution in [0.25, 0.3) is 0 Å². The van der Waals surface area contributed by atoms with E-state index in [1.807, 2.05) is 42.5 Å². The van der Waals surface area contributed by atoms with E-state index in [9.17, 15) is 13.2 Å². The predicted octanol–water partition coefficient (Wildman–Crippen LogP) is 3.31. The van der Waals surface area contributed by atoms with E-state index in [4.69, 9.17) is 4.74 Å². The minimum absolute atomic E-state index is 0.0874. The van der Waals surface area contributed by atoms with Crippen LogP contribution in [0.4, 0.5) is 5.69 Å². The van der Waals surface area contributed by atoms with Gasteiger partial charge >= 0.3 is 0 Å². The van der Waals surface area contributed by atoms with Crippen molar-refractivity contribution in [1.82, 2.24) is 4.31 Å². The zero-order valence-electron chi connectivity index (χ0n) is 16.7. The summed E-state index contributed by atoms with van der Waals surface area (Å²) in [6, 6.07) is 17.2. The van der Waals surface area contributed by atoms with E-state index >= 15 is 0 Å². The fourth-order valence-corrected chi connectivity index (χ4v) is 5.15. The quantitative estimate of drug-likeness (QED) is 0.716. The van der Waals surface area contributed by atoms with Crippen LogP contribution in [0.15, 0.2) is 54.6 Å². The molecule has 2 aromatic rings. The summed E-state index contributed by atoms with van der Waals surface area (Å²) in [4.78, 5) is 12.6. The van der Waals surface area contributed by atoms with Crippen LogP contribution in [0.5, 0.6) is 5.75 Å². The fraction of sp³-hybridized carbons (Fsp3) is 0.409. The van der Waals surface area contributed by atoms with Crippen LogP contribution in [0.2, 0.25) is 0 Å². The van der Waals surface area contributed by atoms with E-state index in [0.29, 0.717) is 43.8 Å². The number of sulfonamides is 1. The summed E-state index contributed by atoms with van der Waals surface area (Å²) in [5, 5.41) is 2.91. The minimum atomic E-state index is -3.29. The number of aryl methyl sites for hydroxylation is 1. The van der Waals surface area contributed by atoms with E-state index in [1.54, 1.807) is 19.2 Å². The smallest absolute Gasteiger partial charge is 0.227 e. The molecule has 1 saturated heterocycles. The number of benzene rings is 2. The Balaban J connectivity index is 1.48. The molecule has 1 heterocycles. The Morgan fingerprint density at radius 1 is 1.07 bits per heavy atom.